The highest BCUT2D eigenvalue weighted by molar-refractivity contribution is 9.10. The number of hydrogen-bond acceptors (Lipinski definition) is 7. The molecule has 4 aromatic rings. The molecule has 4 rings (SSSR count). The van der Waals surface area contributed by atoms with Gasteiger partial charge in [0.15, 0.2) is 11.3 Å². The quantitative estimate of drug-likeness (QED) is 0.176. The van der Waals surface area contributed by atoms with E-state index in [4.69, 9.17) is 4.42 Å². The number of aromatic nitrogens is 2. The van der Waals surface area contributed by atoms with Crippen LogP contribution in [0, 0.1) is 0 Å². The van der Waals surface area contributed by atoms with E-state index < -0.39 is 5.91 Å². The highest BCUT2D eigenvalue weighted by Gasteiger charge is 2.19. The standard InChI is InChI=1S/C24H26BrN5O3S/c1-3-11-29(12-4-2)15-30-19-10-9-16(25)13-17(19)22(23(30)32)28-27-21(31)14-34-24-26-18-7-5-6-8-20(18)33-24/h5-10,13,32H,3-4,11-12,14-15H2,1-2H3. The molecule has 2 aromatic heterocycles. The third kappa shape index (κ3) is 5.51. The van der Waals surface area contributed by atoms with Crippen LogP contribution >= 0.6 is 27.7 Å². The largest absolute Gasteiger partial charge is 0.493 e. The summed E-state index contributed by atoms with van der Waals surface area (Å²) in [6, 6.07) is 13.2. The van der Waals surface area contributed by atoms with E-state index in [0.717, 1.165) is 58.6 Å². The average molecular weight is 544 g/mol. The number of nitrogens with zero attached hydrogens (tertiary/aromatic N) is 5. The average Bonchev–Trinajstić information content (AvgIpc) is 3.35. The summed E-state index contributed by atoms with van der Waals surface area (Å²) in [6.45, 7) is 6.65. The number of azo groups is 1. The van der Waals surface area contributed by atoms with E-state index in [1.165, 1.54) is 0 Å². The van der Waals surface area contributed by atoms with Gasteiger partial charge in [0.25, 0.3) is 11.1 Å². The molecule has 0 saturated heterocycles. The zero-order chi connectivity index (χ0) is 24.1. The molecular formula is C24H26BrN5O3S. The SMILES string of the molecule is CCCN(CCC)Cn1c(O)c(N=NC(=O)CSc2nc3ccccc3o2)c2cc(Br)ccc21. The fourth-order valence-electron chi connectivity index (χ4n) is 3.79. The number of oxazole rings is 1. The molecule has 0 unspecified atom stereocenters. The summed E-state index contributed by atoms with van der Waals surface area (Å²) in [5.41, 5.74) is 2.52. The van der Waals surface area contributed by atoms with Crippen LogP contribution in [0.5, 0.6) is 5.88 Å². The zero-order valence-electron chi connectivity index (χ0n) is 19.1. The lowest BCUT2D eigenvalue weighted by molar-refractivity contribution is -0.115. The third-order valence-electron chi connectivity index (χ3n) is 5.25. The number of benzene rings is 2. The number of para-hydroxylation sites is 2. The van der Waals surface area contributed by atoms with Gasteiger partial charge in [0, 0.05) is 9.86 Å². The molecule has 2 heterocycles. The van der Waals surface area contributed by atoms with Crippen molar-refractivity contribution < 1.29 is 14.3 Å². The molecule has 1 N–H and O–H groups in total. The predicted octanol–water partition coefficient (Wildman–Crippen LogP) is 6.73. The van der Waals surface area contributed by atoms with Crippen molar-refractivity contribution in [1.82, 2.24) is 14.5 Å². The van der Waals surface area contributed by atoms with Crippen LogP contribution in [0.25, 0.3) is 22.0 Å². The number of carbonyl (C=O) groups excluding carboxylic acids is 1. The van der Waals surface area contributed by atoms with E-state index in [1.807, 2.05) is 47.0 Å². The van der Waals surface area contributed by atoms with Crippen LogP contribution in [0.15, 0.2) is 66.8 Å². The van der Waals surface area contributed by atoms with Gasteiger partial charge >= 0.3 is 0 Å². The van der Waals surface area contributed by atoms with Gasteiger partial charge < -0.3 is 9.52 Å². The second kappa shape index (κ2) is 11.2. The second-order valence-corrected chi connectivity index (χ2v) is 9.69. The van der Waals surface area contributed by atoms with E-state index in [-0.39, 0.29) is 17.3 Å². The number of aromatic hydroxyl groups is 1. The van der Waals surface area contributed by atoms with Gasteiger partial charge in [-0.05, 0) is 56.3 Å². The van der Waals surface area contributed by atoms with E-state index in [0.29, 0.717) is 17.5 Å². The maximum absolute atomic E-state index is 12.4. The molecule has 0 fully saturated rings. The summed E-state index contributed by atoms with van der Waals surface area (Å²) in [5, 5.41) is 20.2. The summed E-state index contributed by atoms with van der Waals surface area (Å²) in [4.78, 5) is 19.0. The Hall–Kier alpha value is -2.69. The normalized spacial score (nSPS) is 12.0. The maximum Gasteiger partial charge on any atom is 0.275 e. The molecule has 0 aliphatic heterocycles. The Kier molecular flexibility index (Phi) is 8.02. The highest BCUT2D eigenvalue weighted by atomic mass is 79.9. The number of halogens is 1. The van der Waals surface area contributed by atoms with Gasteiger partial charge in [0.1, 0.15) is 5.52 Å². The summed E-state index contributed by atoms with van der Waals surface area (Å²) >= 11 is 4.65. The van der Waals surface area contributed by atoms with Crippen molar-refractivity contribution in [3.63, 3.8) is 0 Å². The van der Waals surface area contributed by atoms with Crippen LogP contribution in [0.4, 0.5) is 5.69 Å². The molecule has 0 aliphatic carbocycles. The molecule has 1 amide bonds. The van der Waals surface area contributed by atoms with Crippen molar-refractivity contribution >= 4 is 61.3 Å². The van der Waals surface area contributed by atoms with E-state index in [2.05, 4.69) is 49.9 Å². The Morgan fingerprint density at radius 1 is 1.21 bits per heavy atom. The van der Waals surface area contributed by atoms with Gasteiger partial charge in [-0.15, -0.1) is 10.2 Å². The summed E-state index contributed by atoms with van der Waals surface area (Å²) in [5.74, 6) is -0.421. The first-order valence-electron chi connectivity index (χ1n) is 11.2. The number of rotatable bonds is 10. The van der Waals surface area contributed by atoms with E-state index in [9.17, 15) is 9.90 Å². The predicted molar refractivity (Wildman–Crippen MR) is 138 cm³/mol. The lowest BCUT2D eigenvalue weighted by atomic mass is 10.2. The highest BCUT2D eigenvalue weighted by Crippen LogP contribution is 2.40. The Labute approximate surface area is 210 Å². The first kappa shape index (κ1) is 24.4. The topological polar surface area (TPSA) is 96.2 Å². The van der Waals surface area contributed by atoms with Crippen molar-refractivity contribution in [1.29, 1.82) is 0 Å². The van der Waals surface area contributed by atoms with Gasteiger partial charge in [-0.3, -0.25) is 14.3 Å². The van der Waals surface area contributed by atoms with Crippen molar-refractivity contribution in [3.8, 4) is 5.88 Å². The molecule has 2 aromatic carbocycles. The molecule has 10 heteroatoms. The van der Waals surface area contributed by atoms with E-state index in [1.54, 1.807) is 0 Å². The zero-order valence-corrected chi connectivity index (χ0v) is 21.5. The van der Waals surface area contributed by atoms with Gasteiger partial charge in [-0.25, -0.2) is 4.98 Å². The fraction of sp³-hybridized carbons (Fsp3) is 0.333. The summed E-state index contributed by atoms with van der Waals surface area (Å²) in [6.07, 6.45) is 2.04. The van der Waals surface area contributed by atoms with Crippen LogP contribution in [0.2, 0.25) is 0 Å². The minimum atomic E-state index is -0.443. The molecule has 34 heavy (non-hydrogen) atoms. The number of hydrogen-bond donors (Lipinski definition) is 1. The smallest absolute Gasteiger partial charge is 0.275 e. The molecule has 0 radical (unpaired) electrons. The molecule has 0 saturated carbocycles. The maximum atomic E-state index is 12.4. The number of thioether (sulfide) groups is 1. The second-order valence-electron chi connectivity index (χ2n) is 7.85. The van der Waals surface area contributed by atoms with Crippen molar-refractivity contribution in [2.45, 2.75) is 38.6 Å². The minimum absolute atomic E-state index is 0.00606. The van der Waals surface area contributed by atoms with Crippen LogP contribution < -0.4 is 0 Å². The van der Waals surface area contributed by atoms with Crippen LogP contribution in [-0.2, 0) is 11.5 Å². The molecule has 0 bridgehead atoms. The summed E-state index contributed by atoms with van der Waals surface area (Å²) < 4.78 is 8.30. The van der Waals surface area contributed by atoms with Crippen LogP contribution in [0.3, 0.4) is 0 Å². The monoisotopic (exact) mass is 543 g/mol. The Balaban J connectivity index is 1.54. The molecule has 0 atom stereocenters. The molecular weight excluding hydrogens is 518 g/mol. The molecule has 178 valence electrons. The Bertz CT molecular complexity index is 1290. The Morgan fingerprint density at radius 3 is 2.71 bits per heavy atom. The third-order valence-corrected chi connectivity index (χ3v) is 6.55. The van der Waals surface area contributed by atoms with Gasteiger partial charge in [0.05, 0.1) is 17.9 Å². The van der Waals surface area contributed by atoms with Crippen molar-refractivity contribution in [2.24, 2.45) is 10.2 Å². The molecule has 0 spiro atoms. The lowest BCUT2D eigenvalue weighted by Crippen LogP contribution is -2.27. The van der Waals surface area contributed by atoms with Gasteiger partial charge in [0.2, 0.25) is 5.88 Å². The number of fused-ring (bicyclic) bond motifs is 2. The lowest BCUT2D eigenvalue weighted by Gasteiger charge is -2.22. The first-order valence-corrected chi connectivity index (χ1v) is 12.9. The number of carbonyl (C=O) groups is 1. The fourth-order valence-corrected chi connectivity index (χ4v) is 4.77. The van der Waals surface area contributed by atoms with E-state index >= 15 is 0 Å². The van der Waals surface area contributed by atoms with Crippen LogP contribution in [0.1, 0.15) is 26.7 Å². The summed E-state index contributed by atoms with van der Waals surface area (Å²) in [7, 11) is 0. The minimum Gasteiger partial charge on any atom is -0.493 e. The Morgan fingerprint density at radius 2 is 1.97 bits per heavy atom. The van der Waals surface area contributed by atoms with Crippen molar-refractivity contribution in [2.75, 3.05) is 18.8 Å². The van der Waals surface area contributed by atoms with Gasteiger partial charge in [-0.2, -0.15) is 0 Å². The molecule has 8 nitrogen and oxygen atoms in total. The van der Waals surface area contributed by atoms with Crippen LogP contribution in [-0.4, -0.2) is 44.3 Å². The van der Waals surface area contributed by atoms with Gasteiger partial charge in [-0.1, -0.05) is 53.7 Å². The number of amides is 1. The molecule has 0 aliphatic rings. The van der Waals surface area contributed by atoms with Crippen molar-refractivity contribution in [3.05, 3.63) is 46.9 Å². The first-order chi connectivity index (χ1) is 16.5.